The Morgan fingerprint density at radius 2 is 1.67 bits per heavy atom. The van der Waals surface area contributed by atoms with Crippen LogP contribution in [0.1, 0.15) is 31.7 Å². The molecule has 164 valence electrons. The van der Waals surface area contributed by atoms with E-state index in [-0.39, 0.29) is 24.8 Å². The van der Waals surface area contributed by atoms with Gasteiger partial charge in [-0.1, -0.05) is 36.8 Å². The van der Waals surface area contributed by atoms with E-state index in [0.717, 1.165) is 35.9 Å². The van der Waals surface area contributed by atoms with Crippen molar-refractivity contribution in [2.24, 2.45) is 0 Å². The van der Waals surface area contributed by atoms with Gasteiger partial charge in [-0.15, -0.1) is 24.8 Å². The van der Waals surface area contributed by atoms with Gasteiger partial charge < -0.3 is 19.5 Å². The van der Waals surface area contributed by atoms with Crippen LogP contribution in [0.3, 0.4) is 0 Å². The summed E-state index contributed by atoms with van der Waals surface area (Å²) in [5.74, 6) is 1.87. The van der Waals surface area contributed by atoms with Crippen molar-refractivity contribution in [3.8, 4) is 5.75 Å². The lowest BCUT2D eigenvalue weighted by molar-refractivity contribution is 0.222. The largest absolute Gasteiger partial charge is 0.494 e. The van der Waals surface area contributed by atoms with Gasteiger partial charge in [0.25, 0.3) is 0 Å². The molecule has 0 amide bonds. The zero-order chi connectivity index (χ0) is 19.2. The van der Waals surface area contributed by atoms with Gasteiger partial charge in [0.15, 0.2) is 0 Å². The summed E-state index contributed by atoms with van der Waals surface area (Å²) >= 11 is 0. The SMILES string of the molecule is CCOc1ccccc1CNc1nc2ccccc2n1CCN1CCCCC1.Cl.Cl. The lowest BCUT2D eigenvalue weighted by Gasteiger charge is -2.26. The van der Waals surface area contributed by atoms with Crippen molar-refractivity contribution < 1.29 is 4.74 Å². The number of ether oxygens (including phenoxy) is 1. The fourth-order valence-corrected chi connectivity index (χ4v) is 3.98. The van der Waals surface area contributed by atoms with Gasteiger partial charge in [0.2, 0.25) is 5.95 Å². The van der Waals surface area contributed by atoms with Crippen LogP contribution in [-0.2, 0) is 13.1 Å². The number of imidazole rings is 1. The minimum absolute atomic E-state index is 0. The fraction of sp³-hybridized carbons (Fsp3) is 0.435. The Balaban J connectivity index is 0.00000160. The van der Waals surface area contributed by atoms with E-state index in [4.69, 9.17) is 9.72 Å². The lowest BCUT2D eigenvalue weighted by atomic mass is 10.1. The van der Waals surface area contributed by atoms with Crippen LogP contribution in [0.4, 0.5) is 5.95 Å². The van der Waals surface area contributed by atoms with Crippen molar-refractivity contribution >= 4 is 41.8 Å². The summed E-state index contributed by atoms with van der Waals surface area (Å²) in [6.07, 6.45) is 4.02. The van der Waals surface area contributed by atoms with Crippen LogP contribution in [0.2, 0.25) is 0 Å². The molecule has 0 unspecified atom stereocenters. The third-order valence-corrected chi connectivity index (χ3v) is 5.45. The number of rotatable bonds is 8. The molecule has 7 heteroatoms. The van der Waals surface area contributed by atoms with Gasteiger partial charge in [-0.05, 0) is 51.1 Å². The number of anilines is 1. The Morgan fingerprint density at radius 1 is 0.933 bits per heavy atom. The number of piperidine rings is 1. The number of benzene rings is 2. The van der Waals surface area contributed by atoms with Gasteiger partial charge in [-0.2, -0.15) is 0 Å². The van der Waals surface area contributed by atoms with Crippen LogP contribution in [0.5, 0.6) is 5.75 Å². The van der Waals surface area contributed by atoms with Crippen molar-refractivity contribution in [3.63, 3.8) is 0 Å². The van der Waals surface area contributed by atoms with Gasteiger partial charge >= 0.3 is 0 Å². The monoisotopic (exact) mass is 450 g/mol. The molecule has 1 N–H and O–H groups in total. The minimum atomic E-state index is 0. The molecule has 30 heavy (non-hydrogen) atoms. The van der Waals surface area contributed by atoms with Gasteiger partial charge in [0.05, 0.1) is 17.6 Å². The zero-order valence-electron chi connectivity index (χ0n) is 17.5. The summed E-state index contributed by atoms with van der Waals surface area (Å²) in [5.41, 5.74) is 3.39. The molecule has 1 aliphatic rings. The molecule has 0 radical (unpaired) electrons. The van der Waals surface area contributed by atoms with Crippen molar-refractivity contribution in [1.29, 1.82) is 0 Å². The van der Waals surface area contributed by atoms with Gasteiger partial charge in [0, 0.05) is 25.2 Å². The third-order valence-electron chi connectivity index (χ3n) is 5.45. The summed E-state index contributed by atoms with van der Waals surface area (Å²) in [5, 5.41) is 3.56. The molecule has 0 spiro atoms. The third kappa shape index (κ3) is 5.81. The summed E-state index contributed by atoms with van der Waals surface area (Å²) in [6, 6.07) is 16.6. The molecule has 4 rings (SSSR count). The molecule has 2 aromatic carbocycles. The topological polar surface area (TPSA) is 42.3 Å². The van der Waals surface area contributed by atoms with E-state index in [0.29, 0.717) is 13.2 Å². The van der Waals surface area contributed by atoms with Crippen molar-refractivity contribution in [2.45, 2.75) is 39.3 Å². The number of fused-ring (bicyclic) bond motifs is 1. The number of para-hydroxylation sites is 3. The van der Waals surface area contributed by atoms with Crippen LogP contribution in [0.15, 0.2) is 48.5 Å². The Morgan fingerprint density at radius 3 is 2.47 bits per heavy atom. The second kappa shape index (κ2) is 12.0. The van der Waals surface area contributed by atoms with E-state index in [1.54, 1.807) is 0 Å². The highest BCUT2D eigenvalue weighted by Crippen LogP contribution is 2.23. The number of nitrogens with one attached hydrogen (secondary N) is 1. The molecule has 1 fully saturated rings. The first-order valence-electron chi connectivity index (χ1n) is 10.5. The Kier molecular flexibility index (Phi) is 9.76. The average Bonchev–Trinajstić information content (AvgIpc) is 3.10. The molecule has 1 saturated heterocycles. The molecular weight excluding hydrogens is 419 g/mol. The highest BCUT2D eigenvalue weighted by atomic mass is 35.5. The van der Waals surface area contributed by atoms with E-state index in [1.807, 2.05) is 19.1 Å². The molecule has 1 aromatic heterocycles. The molecule has 0 atom stereocenters. The predicted octanol–water partition coefficient (Wildman–Crippen LogP) is 5.38. The van der Waals surface area contributed by atoms with Crippen LogP contribution in [0.25, 0.3) is 11.0 Å². The van der Waals surface area contributed by atoms with Crippen molar-refractivity contribution in [3.05, 3.63) is 54.1 Å². The van der Waals surface area contributed by atoms with E-state index >= 15 is 0 Å². The first-order chi connectivity index (χ1) is 13.8. The zero-order valence-corrected chi connectivity index (χ0v) is 19.2. The van der Waals surface area contributed by atoms with Crippen LogP contribution in [-0.4, -0.2) is 40.7 Å². The predicted molar refractivity (Wildman–Crippen MR) is 129 cm³/mol. The highest BCUT2D eigenvalue weighted by molar-refractivity contribution is 5.85. The maximum Gasteiger partial charge on any atom is 0.204 e. The van der Waals surface area contributed by atoms with Crippen molar-refractivity contribution in [1.82, 2.24) is 14.5 Å². The van der Waals surface area contributed by atoms with E-state index in [1.165, 1.54) is 37.9 Å². The average molecular weight is 451 g/mol. The molecule has 5 nitrogen and oxygen atoms in total. The molecule has 0 aliphatic carbocycles. The Bertz CT molecular complexity index is 909. The lowest BCUT2D eigenvalue weighted by Crippen LogP contribution is -2.32. The molecule has 0 saturated carbocycles. The number of nitrogens with zero attached hydrogens (tertiary/aromatic N) is 3. The first kappa shape index (κ1) is 24.3. The second-order valence-electron chi connectivity index (χ2n) is 7.37. The number of hydrogen-bond acceptors (Lipinski definition) is 4. The maximum absolute atomic E-state index is 5.77. The Hall–Kier alpha value is -1.95. The van der Waals surface area contributed by atoms with Gasteiger partial charge in [-0.3, -0.25) is 0 Å². The molecule has 1 aliphatic heterocycles. The van der Waals surface area contributed by atoms with Gasteiger partial charge in [0.1, 0.15) is 5.75 Å². The number of halogens is 2. The second-order valence-corrected chi connectivity index (χ2v) is 7.37. The molecule has 3 aromatic rings. The van der Waals surface area contributed by atoms with Crippen LogP contribution >= 0.6 is 24.8 Å². The summed E-state index contributed by atoms with van der Waals surface area (Å²) in [6.45, 7) is 7.85. The van der Waals surface area contributed by atoms with E-state index in [2.05, 4.69) is 51.2 Å². The normalized spacial score (nSPS) is 14.0. The molecule has 0 bridgehead atoms. The number of hydrogen-bond donors (Lipinski definition) is 1. The van der Waals surface area contributed by atoms with E-state index in [9.17, 15) is 0 Å². The molecule has 2 heterocycles. The first-order valence-corrected chi connectivity index (χ1v) is 10.5. The van der Waals surface area contributed by atoms with Crippen LogP contribution < -0.4 is 10.1 Å². The fourth-order valence-electron chi connectivity index (χ4n) is 3.98. The summed E-state index contributed by atoms with van der Waals surface area (Å²) in [7, 11) is 0. The number of aromatic nitrogens is 2. The van der Waals surface area contributed by atoms with Crippen LogP contribution in [0, 0.1) is 0 Å². The molecular formula is C23H32Cl2N4O. The van der Waals surface area contributed by atoms with Crippen molar-refractivity contribution in [2.75, 3.05) is 31.6 Å². The summed E-state index contributed by atoms with van der Waals surface area (Å²) < 4.78 is 8.09. The smallest absolute Gasteiger partial charge is 0.204 e. The number of likely N-dealkylation sites (tertiary alicyclic amines) is 1. The minimum Gasteiger partial charge on any atom is -0.494 e. The summed E-state index contributed by atoms with van der Waals surface area (Å²) in [4.78, 5) is 7.44. The Labute approximate surface area is 191 Å². The van der Waals surface area contributed by atoms with E-state index < -0.39 is 0 Å². The quantitative estimate of drug-likeness (QED) is 0.500. The van der Waals surface area contributed by atoms with Gasteiger partial charge in [-0.25, -0.2) is 4.98 Å². The highest BCUT2D eigenvalue weighted by Gasteiger charge is 2.14. The maximum atomic E-state index is 5.77. The standard InChI is InChI=1S/C23H30N4O.2ClH/c1-2-28-22-13-7-4-10-19(22)18-24-23-25-20-11-5-6-12-21(20)27(23)17-16-26-14-8-3-9-15-26;;/h4-7,10-13H,2-3,8-9,14-18H2,1H3,(H,24,25);2*1H.